The van der Waals surface area contributed by atoms with E-state index in [0.717, 1.165) is 23.3 Å². The maximum atomic E-state index is 12.7. The summed E-state index contributed by atoms with van der Waals surface area (Å²) in [5.74, 6) is -0.247. The maximum absolute atomic E-state index is 12.7. The van der Waals surface area contributed by atoms with Crippen molar-refractivity contribution in [2.45, 2.75) is 32.4 Å². The second-order valence-electron chi connectivity index (χ2n) is 7.84. The maximum Gasteiger partial charge on any atom is 0.273 e. The van der Waals surface area contributed by atoms with Gasteiger partial charge in [-0.05, 0) is 49.1 Å². The van der Waals surface area contributed by atoms with Gasteiger partial charge in [-0.1, -0.05) is 24.3 Å². The van der Waals surface area contributed by atoms with Crippen molar-refractivity contribution in [3.05, 3.63) is 74.8 Å². The fourth-order valence-electron chi connectivity index (χ4n) is 3.94. The summed E-state index contributed by atoms with van der Waals surface area (Å²) in [6.07, 6.45) is 3.76. The van der Waals surface area contributed by atoms with Crippen molar-refractivity contribution < 1.29 is 4.79 Å². The number of rotatable bonds is 5. The SMILES string of the molecule is CN(Cc1ccc(N2CCCCC2)cc1)C(=O)Cn1[nH]c(=O)c2ccccc2c1=O. The van der Waals surface area contributed by atoms with E-state index in [1.807, 2.05) is 12.1 Å². The molecule has 1 N–H and O–H groups in total. The monoisotopic (exact) mass is 406 g/mol. The minimum Gasteiger partial charge on any atom is -0.372 e. The zero-order valence-electron chi connectivity index (χ0n) is 17.1. The van der Waals surface area contributed by atoms with Crippen LogP contribution in [0.25, 0.3) is 10.8 Å². The van der Waals surface area contributed by atoms with E-state index in [1.54, 1.807) is 36.2 Å². The van der Waals surface area contributed by atoms with Gasteiger partial charge in [-0.3, -0.25) is 19.5 Å². The van der Waals surface area contributed by atoms with Crippen LogP contribution >= 0.6 is 0 Å². The molecule has 0 unspecified atom stereocenters. The molecule has 30 heavy (non-hydrogen) atoms. The van der Waals surface area contributed by atoms with Gasteiger partial charge in [-0.25, -0.2) is 4.68 Å². The number of hydrogen-bond acceptors (Lipinski definition) is 4. The molecule has 0 spiro atoms. The number of piperidine rings is 1. The van der Waals surface area contributed by atoms with E-state index >= 15 is 0 Å². The molecule has 1 aliphatic heterocycles. The Hall–Kier alpha value is -3.35. The molecule has 0 aliphatic carbocycles. The normalized spacial score (nSPS) is 14.1. The van der Waals surface area contributed by atoms with Crippen LogP contribution in [0.4, 0.5) is 5.69 Å². The van der Waals surface area contributed by atoms with Gasteiger partial charge in [-0.2, -0.15) is 0 Å². The van der Waals surface area contributed by atoms with Crippen LogP contribution in [-0.4, -0.2) is 40.7 Å². The molecule has 4 rings (SSSR count). The van der Waals surface area contributed by atoms with Gasteiger partial charge in [0.1, 0.15) is 6.54 Å². The summed E-state index contributed by atoms with van der Waals surface area (Å²) < 4.78 is 1.09. The highest BCUT2D eigenvalue weighted by molar-refractivity contribution is 5.81. The van der Waals surface area contributed by atoms with Crippen molar-refractivity contribution in [1.29, 1.82) is 0 Å². The summed E-state index contributed by atoms with van der Waals surface area (Å²) in [6, 6.07) is 14.9. The summed E-state index contributed by atoms with van der Waals surface area (Å²) in [4.78, 5) is 41.4. The van der Waals surface area contributed by atoms with Gasteiger partial charge in [0.15, 0.2) is 0 Å². The highest BCUT2D eigenvalue weighted by Gasteiger charge is 2.15. The average molecular weight is 406 g/mol. The van der Waals surface area contributed by atoms with E-state index in [4.69, 9.17) is 0 Å². The van der Waals surface area contributed by atoms with Crippen molar-refractivity contribution in [1.82, 2.24) is 14.7 Å². The van der Waals surface area contributed by atoms with Crippen LogP contribution in [0.1, 0.15) is 24.8 Å². The standard InChI is InChI=1S/C23H26N4O3/c1-25(15-17-9-11-18(12-10-17)26-13-5-2-6-14-26)21(28)16-27-23(30)20-8-4-3-7-19(20)22(29)24-27/h3-4,7-12H,2,5-6,13-16H2,1H3,(H,24,29). The van der Waals surface area contributed by atoms with Crippen LogP contribution in [0.3, 0.4) is 0 Å². The van der Waals surface area contributed by atoms with E-state index in [-0.39, 0.29) is 23.6 Å². The lowest BCUT2D eigenvalue weighted by atomic mass is 10.1. The molecule has 3 aromatic rings. The van der Waals surface area contributed by atoms with Crippen LogP contribution in [0.5, 0.6) is 0 Å². The predicted octanol–water partition coefficient (Wildman–Crippen LogP) is 2.34. The number of aromatic nitrogens is 2. The molecule has 156 valence electrons. The molecule has 0 bridgehead atoms. The average Bonchev–Trinajstić information content (AvgIpc) is 2.78. The topological polar surface area (TPSA) is 78.4 Å². The van der Waals surface area contributed by atoms with Crippen LogP contribution in [0.15, 0.2) is 58.1 Å². The summed E-state index contributed by atoms with van der Waals surface area (Å²) >= 11 is 0. The van der Waals surface area contributed by atoms with Gasteiger partial charge >= 0.3 is 0 Å². The number of H-pyrrole nitrogens is 1. The highest BCUT2D eigenvalue weighted by Crippen LogP contribution is 2.20. The van der Waals surface area contributed by atoms with E-state index in [1.165, 1.54) is 24.9 Å². The molecule has 0 saturated carbocycles. The zero-order chi connectivity index (χ0) is 21.1. The van der Waals surface area contributed by atoms with Crippen molar-refractivity contribution in [3.8, 4) is 0 Å². The first-order valence-corrected chi connectivity index (χ1v) is 10.3. The van der Waals surface area contributed by atoms with E-state index in [9.17, 15) is 14.4 Å². The third-order valence-electron chi connectivity index (χ3n) is 5.68. The molecular formula is C23H26N4O3. The van der Waals surface area contributed by atoms with Gasteiger partial charge in [0.05, 0.1) is 10.8 Å². The first kappa shape index (κ1) is 19.9. The second kappa shape index (κ2) is 8.57. The zero-order valence-corrected chi connectivity index (χ0v) is 17.1. The molecule has 0 atom stereocenters. The number of likely N-dealkylation sites (N-methyl/N-ethyl adjacent to an activating group) is 1. The number of nitrogens with one attached hydrogen (secondary N) is 1. The molecule has 1 aromatic heterocycles. The molecule has 2 aromatic carbocycles. The minimum absolute atomic E-state index is 0.207. The van der Waals surface area contributed by atoms with Gasteiger partial charge < -0.3 is 9.80 Å². The Morgan fingerprint density at radius 2 is 1.63 bits per heavy atom. The Labute approximate surface area is 174 Å². The molecule has 2 heterocycles. The Bertz CT molecular complexity index is 1160. The van der Waals surface area contributed by atoms with Crippen molar-refractivity contribution in [3.63, 3.8) is 0 Å². The minimum atomic E-state index is -0.381. The van der Waals surface area contributed by atoms with Gasteiger partial charge in [0.2, 0.25) is 5.91 Å². The number of aromatic amines is 1. The largest absolute Gasteiger partial charge is 0.372 e. The number of fused-ring (bicyclic) bond motifs is 1. The number of carbonyl (C=O) groups is 1. The second-order valence-corrected chi connectivity index (χ2v) is 7.84. The van der Waals surface area contributed by atoms with Crippen molar-refractivity contribution in [2.75, 3.05) is 25.0 Å². The highest BCUT2D eigenvalue weighted by atomic mass is 16.2. The lowest BCUT2D eigenvalue weighted by Crippen LogP contribution is -2.37. The molecule has 7 nitrogen and oxygen atoms in total. The number of hydrogen-bond donors (Lipinski definition) is 1. The Balaban J connectivity index is 1.44. The summed E-state index contributed by atoms with van der Waals surface area (Å²) in [5.41, 5.74) is 1.48. The van der Waals surface area contributed by atoms with E-state index < -0.39 is 0 Å². The first-order chi connectivity index (χ1) is 14.5. The van der Waals surface area contributed by atoms with E-state index in [2.05, 4.69) is 22.1 Å². The number of nitrogens with zero attached hydrogens (tertiary/aromatic N) is 3. The van der Waals surface area contributed by atoms with Crippen LogP contribution in [0.2, 0.25) is 0 Å². The fourth-order valence-corrected chi connectivity index (χ4v) is 3.94. The number of anilines is 1. The van der Waals surface area contributed by atoms with Gasteiger partial charge in [-0.15, -0.1) is 0 Å². The van der Waals surface area contributed by atoms with E-state index in [0.29, 0.717) is 17.3 Å². The number of amides is 1. The van der Waals surface area contributed by atoms with Gasteiger partial charge in [0, 0.05) is 32.4 Å². The first-order valence-electron chi connectivity index (χ1n) is 10.3. The molecule has 1 amide bonds. The third kappa shape index (κ3) is 4.15. The molecular weight excluding hydrogens is 380 g/mol. The Morgan fingerprint density at radius 3 is 2.33 bits per heavy atom. The van der Waals surface area contributed by atoms with Crippen molar-refractivity contribution >= 4 is 22.4 Å². The van der Waals surface area contributed by atoms with Gasteiger partial charge in [0.25, 0.3) is 11.1 Å². The van der Waals surface area contributed by atoms with Crippen LogP contribution in [-0.2, 0) is 17.9 Å². The third-order valence-corrected chi connectivity index (χ3v) is 5.68. The van der Waals surface area contributed by atoms with Crippen LogP contribution in [0, 0.1) is 0 Å². The molecule has 1 saturated heterocycles. The Morgan fingerprint density at radius 1 is 0.967 bits per heavy atom. The smallest absolute Gasteiger partial charge is 0.273 e. The lowest BCUT2D eigenvalue weighted by molar-refractivity contribution is -0.131. The molecule has 7 heteroatoms. The molecule has 1 aliphatic rings. The molecule has 0 radical (unpaired) electrons. The number of benzene rings is 2. The Kier molecular flexibility index (Phi) is 5.70. The van der Waals surface area contributed by atoms with Crippen LogP contribution < -0.4 is 16.0 Å². The lowest BCUT2D eigenvalue weighted by Gasteiger charge is -2.29. The summed E-state index contributed by atoms with van der Waals surface area (Å²) in [5, 5.41) is 3.14. The fraction of sp³-hybridized carbons (Fsp3) is 0.348. The predicted molar refractivity (Wildman–Crippen MR) is 118 cm³/mol. The quantitative estimate of drug-likeness (QED) is 0.706. The summed E-state index contributed by atoms with van der Waals surface area (Å²) in [6.45, 7) is 2.42. The molecule has 1 fully saturated rings. The summed E-state index contributed by atoms with van der Waals surface area (Å²) in [7, 11) is 1.70. The van der Waals surface area contributed by atoms with Crippen molar-refractivity contribution in [2.24, 2.45) is 0 Å². The number of carbonyl (C=O) groups excluding carboxylic acids is 1.